The van der Waals surface area contributed by atoms with E-state index in [1.165, 1.54) is 24.3 Å². The highest BCUT2D eigenvalue weighted by atomic mass is 19.1. The summed E-state index contributed by atoms with van der Waals surface area (Å²) >= 11 is 0. The van der Waals surface area contributed by atoms with Gasteiger partial charge in [-0.2, -0.15) is 15.8 Å². The van der Waals surface area contributed by atoms with Crippen LogP contribution in [-0.2, 0) is 9.47 Å². The van der Waals surface area contributed by atoms with E-state index < -0.39 is 40.4 Å². The van der Waals surface area contributed by atoms with Gasteiger partial charge in [0.05, 0.1) is 24.1 Å². The minimum absolute atomic E-state index is 0.324. The van der Waals surface area contributed by atoms with Crippen LogP contribution >= 0.6 is 0 Å². The van der Waals surface area contributed by atoms with Crippen LogP contribution in [-0.4, -0.2) is 11.7 Å². The van der Waals surface area contributed by atoms with Gasteiger partial charge in [0.2, 0.25) is 17.1 Å². The van der Waals surface area contributed by atoms with E-state index in [2.05, 4.69) is 0 Å². The third-order valence-electron chi connectivity index (χ3n) is 5.47. The molecule has 1 aromatic carbocycles. The van der Waals surface area contributed by atoms with Crippen molar-refractivity contribution in [3.63, 3.8) is 0 Å². The van der Waals surface area contributed by atoms with E-state index in [1.807, 2.05) is 18.2 Å². The van der Waals surface area contributed by atoms with Crippen LogP contribution < -0.4 is 0 Å². The van der Waals surface area contributed by atoms with E-state index in [1.54, 1.807) is 13.8 Å². The second-order valence-electron chi connectivity index (χ2n) is 6.32. The van der Waals surface area contributed by atoms with Crippen molar-refractivity contribution >= 4 is 5.90 Å². The fraction of sp³-hybridized carbons (Fsp3) is 0.444. The van der Waals surface area contributed by atoms with Gasteiger partial charge < -0.3 is 9.47 Å². The number of hydrogen-bond acceptors (Lipinski definition) is 6. The predicted octanol–water partition coefficient (Wildman–Crippen LogP) is 3.19. The fourth-order valence-electron chi connectivity index (χ4n) is 3.98. The molecule has 0 radical (unpaired) electrons. The van der Waals surface area contributed by atoms with Gasteiger partial charge in [0.15, 0.2) is 5.41 Å². The van der Waals surface area contributed by atoms with Crippen molar-refractivity contribution in [3.05, 3.63) is 35.6 Å². The fourth-order valence-corrected chi connectivity index (χ4v) is 3.98. The summed E-state index contributed by atoms with van der Waals surface area (Å²) in [6, 6.07) is 11.1. The molecule has 2 aliphatic rings. The molecule has 2 bridgehead atoms. The molecule has 4 unspecified atom stereocenters. The third kappa shape index (κ3) is 1.75. The molecule has 1 N–H and O–H groups in total. The Morgan fingerprint density at radius 3 is 2.24 bits per heavy atom. The minimum atomic E-state index is -1.99. The van der Waals surface area contributed by atoms with Crippen molar-refractivity contribution in [2.24, 2.45) is 16.7 Å². The number of nitriles is 3. The number of fused-ring (bicyclic) bond motifs is 2. The Balaban J connectivity index is 2.32. The quantitative estimate of drug-likeness (QED) is 0.889. The SMILES string of the molecule is CCC12OC(=N)C(C#N)(C1C)C(C#N)(C#N)C(c1ccc(F)cc1)O2. The highest BCUT2D eigenvalue weighted by molar-refractivity contribution is 5.89. The maximum absolute atomic E-state index is 13.3. The molecule has 1 aromatic rings. The average molecular weight is 338 g/mol. The lowest BCUT2D eigenvalue weighted by Gasteiger charge is -2.48. The van der Waals surface area contributed by atoms with Crippen molar-refractivity contribution in [2.45, 2.75) is 32.2 Å². The van der Waals surface area contributed by atoms with Gasteiger partial charge in [-0.1, -0.05) is 26.0 Å². The smallest absolute Gasteiger partial charge is 0.217 e. The minimum Gasteiger partial charge on any atom is -0.447 e. The van der Waals surface area contributed by atoms with Gasteiger partial charge in [0, 0.05) is 6.42 Å². The van der Waals surface area contributed by atoms with Gasteiger partial charge in [-0.3, -0.25) is 5.41 Å². The number of benzene rings is 1. The first-order valence-electron chi connectivity index (χ1n) is 7.82. The summed E-state index contributed by atoms with van der Waals surface area (Å²) in [5.41, 5.74) is -3.39. The highest BCUT2D eigenvalue weighted by Crippen LogP contribution is 2.66. The molecular formula is C18H15FN4O2. The summed E-state index contributed by atoms with van der Waals surface area (Å²) in [6.45, 7) is 3.43. The van der Waals surface area contributed by atoms with Crippen LogP contribution in [0.1, 0.15) is 31.9 Å². The van der Waals surface area contributed by atoms with Crippen LogP contribution in [0.4, 0.5) is 4.39 Å². The van der Waals surface area contributed by atoms with Crippen LogP contribution in [0.3, 0.4) is 0 Å². The van der Waals surface area contributed by atoms with E-state index in [9.17, 15) is 20.2 Å². The topological polar surface area (TPSA) is 114 Å². The number of nitrogens with one attached hydrogen (secondary N) is 1. The molecule has 2 fully saturated rings. The zero-order valence-corrected chi connectivity index (χ0v) is 13.7. The maximum Gasteiger partial charge on any atom is 0.217 e. The Kier molecular flexibility index (Phi) is 3.56. The lowest BCUT2D eigenvalue weighted by atomic mass is 9.53. The molecule has 25 heavy (non-hydrogen) atoms. The molecule has 126 valence electrons. The van der Waals surface area contributed by atoms with E-state index >= 15 is 0 Å². The zero-order chi connectivity index (χ0) is 18.5. The van der Waals surface area contributed by atoms with Crippen LogP contribution in [0.25, 0.3) is 0 Å². The van der Waals surface area contributed by atoms with Crippen molar-refractivity contribution in [1.29, 1.82) is 21.2 Å². The Morgan fingerprint density at radius 2 is 1.76 bits per heavy atom. The normalized spacial score (nSPS) is 35.1. The standard InChI is InChI=1S/C18H15FN4O2/c1-3-18-11(2)17(10-22,15(23)25-18)16(8-20,9-21)14(24-18)12-4-6-13(19)7-5-12/h4-7,11,14,23H,3H2,1-2H3. The molecule has 0 spiro atoms. The van der Waals surface area contributed by atoms with E-state index in [4.69, 9.17) is 14.9 Å². The number of hydrogen-bond donors (Lipinski definition) is 1. The van der Waals surface area contributed by atoms with Gasteiger partial charge in [0.1, 0.15) is 11.9 Å². The zero-order valence-electron chi connectivity index (χ0n) is 13.7. The first-order chi connectivity index (χ1) is 11.9. The van der Waals surface area contributed by atoms with Crippen molar-refractivity contribution in [2.75, 3.05) is 0 Å². The first kappa shape index (κ1) is 16.9. The number of ether oxygens (including phenoxy) is 2. The average Bonchev–Trinajstić information content (AvgIpc) is 2.79. The maximum atomic E-state index is 13.3. The molecule has 6 nitrogen and oxygen atoms in total. The van der Waals surface area contributed by atoms with Crippen molar-refractivity contribution in [1.82, 2.24) is 0 Å². The van der Waals surface area contributed by atoms with E-state index in [0.29, 0.717) is 12.0 Å². The van der Waals surface area contributed by atoms with Gasteiger partial charge in [-0.15, -0.1) is 0 Å². The second-order valence-corrected chi connectivity index (χ2v) is 6.32. The summed E-state index contributed by atoms with van der Waals surface area (Å²) < 4.78 is 25.0. The molecule has 3 rings (SSSR count). The summed E-state index contributed by atoms with van der Waals surface area (Å²) in [5, 5.41) is 38.0. The number of rotatable bonds is 2. The Morgan fingerprint density at radius 1 is 1.16 bits per heavy atom. The monoisotopic (exact) mass is 338 g/mol. The molecule has 2 heterocycles. The molecule has 4 atom stereocenters. The molecule has 2 saturated heterocycles. The summed E-state index contributed by atoms with van der Waals surface area (Å²) in [6.07, 6.45) is -0.827. The lowest BCUT2D eigenvalue weighted by molar-refractivity contribution is -0.280. The Hall–Kier alpha value is -2.95. The molecule has 0 saturated carbocycles. The van der Waals surface area contributed by atoms with Crippen LogP contribution in [0.5, 0.6) is 0 Å². The molecule has 2 aliphatic heterocycles. The predicted molar refractivity (Wildman–Crippen MR) is 82.9 cm³/mol. The van der Waals surface area contributed by atoms with Crippen LogP contribution in [0.15, 0.2) is 24.3 Å². The molecule has 0 aliphatic carbocycles. The van der Waals surface area contributed by atoms with Crippen LogP contribution in [0, 0.1) is 62.0 Å². The van der Waals surface area contributed by atoms with Crippen molar-refractivity contribution < 1.29 is 13.9 Å². The van der Waals surface area contributed by atoms with E-state index in [0.717, 1.165) is 0 Å². The Bertz CT molecular complexity index is 849. The van der Waals surface area contributed by atoms with Gasteiger partial charge in [-0.05, 0) is 17.7 Å². The van der Waals surface area contributed by atoms with Gasteiger partial charge in [-0.25, -0.2) is 4.39 Å². The summed E-state index contributed by atoms with van der Waals surface area (Å²) in [5.74, 6) is -2.89. The van der Waals surface area contributed by atoms with Gasteiger partial charge in [0.25, 0.3) is 0 Å². The summed E-state index contributed by atoms with van der Waals surface area (Å²) in [4.78, 5) is 0. The highest BCUT2D eigenvalue weighted by Gasteiger charge is 2.78. The molecule has 0 aromatic heterocycles. The molecular weight excluding hydrogens is 323 g/mol. The molecule has 0 amide bonds. The summed E-state index contributed by atoms with van der Waals surface area (Å²) in [7, 11) is 0. The van der Waals surface area contributed by atoms with Crippen LogP contribution in [0.2, 0.25) is 0 Å². The molecule has 7 heteroatoms. The Labute approximate surface area is 144 Å². The first-order valence-corrected chi connectivity index (χ1v) is 7.82. The second kappa shape index (κ2) is 5.28. The lowest BCUT2D eigenvalue weighted by Crippen LogP contribution is -2.58. The third-order valence-corrected chi connectivity index (χ3v) is 5.47. The largest absolute Gasteiger partial charge is 0.447 e. The van der Waals surface area contributed by atoms with Gasteiger partial charge >= 0.3 is 0 Å². The number of nitrogens with zero attached hydrogens (tertiary/aromatic N) is 3. The van der Waals surface area contributed by atoms with E-state index in [-0.39, 0.29) is 0 Å². The number of halogens is 1. The van der Waals surface area contributed by atoms with Crippen molar-refractivity contribution in [3.8, 4) is 18.2 Å².